The van der Waals surface area contributed by atoms with Crippen LogP contribution in [0.1, 0.15) is 226 Å². The average molecular weight is 826 g/mol. The van der Waals surface area contributed by atoms with Gasteiger partial charge in [-0.05, 0) is 44.9 Å². The number of carbonyl (C=O) groups is 1. The molecule has 0 amide bonds. The van der Waals surface area contributed by atoms with E-state index < -0.39 is 13.9 Å². The molecule has 336 valence electrons. The van der Waals surface area contributed by atoms with Crippen molar-refractivity contribution in [1.29, 1.82) is 0 Å². The quantitative estimate of drug-likeness (QED) is 0.0270. The van der Waals surface area contributed by atoms with E-state index in [2.05, 4.69) is 50.3 Å². The summed E-state index contributed by atoms with van der Waals surface area (Å²) in [5.41, 5.74) is 5.37. The highest BCUT2D eigenvalue weighted by molar-refractivity contribution is 7.47. The van der Waals surface area contributed by atoms with Gasteiger partial charge in [0.2, 0.25) is 0 Å². The maximum absolute atomic E-state index is 12.6. The Balaban J connectivity index is 3.87. The third kappa shape index (κ3) is 45.7. The second-order valence-corrected chi connectivity index (χ2v) is 17.4. The first-order valence-corrected chi connectivity index (χ1v) is 25.5. The van der Waals surface area contributed by atoms with Crippen molar-refractivity contribution in [3.63, 3.8) is 0 Å². The van der Waals surface area contributed by atoms with Crippen molar-refractivity contribution in [2.75, 3.05) is 33.0 Å². The van der Waals surface area contributed by atoms with Gasteiger partial charge in [-0.3, -0.25) is 13.8 Å². The summed E-state index contributed by atoms with van der Waals surface area (Å²) in [6.45, 7) is 4.80. The normalized spacial score (nSPS) is 13.7. The van der Waals surface area contributed by atoms with Gasteiger partial charge in [0.05, 0.1) is 19.8 Å². The number of esters is 1. The third-order valence-corrected chi connectivity index (χ3v) is 11.3. The predicted octanol–water partition coefficient (Wildman–Crippen LogP) is 14.6. The summed E-state index contributed by atoms with van der Waals surface area (Å²) in [5, 5.41) is 0. The van der Waals surface area contributed by atoms with Crippen molar-refractivity contribution in [3.05, 3.63) is 36.5 Å². The van der Waals surface area contributed by atoms with Crippen molar-refractivity contribution < 1.29 is 32.8 Å². The largest absolute Gasteiger partial charge is 0.472 e. The molecule has 0 fully saturated rings. The predicted molar refractivity (Wildman–Crippen MR) is 243 cm³/mol. The molecular weight excluding hydrogens is 734 g/mol. The molecule has 0 rings (SSSR count). The average Bonchev–Trinajstić information content (AvgIpc) is 3.20. The Hall–Kier alpha value is -1.28. The number of unbranched alkanes of at least 4 members (excludes halogenated alkanes) is 27. The lowest BCUT2D eigenvalue weighted by Gasteiger charge is -2.20. The maximum Gasteiger partial charge on any atom is 0.472 e. The fraction of sp³-hybridized carbons (Fsp3) is 0.854. The summed E-state index contributed by atoms with van der Waals surface area (Å²) in [6.07, 6.45) is 53.4. The number of hydrogen-bond donors (Lipinski definition) is 2. The minimum absolute atomic E-state index is 0.0961. The molecule has 0 saturated carbocycles. The minimum atomic E-state index is -4.28. The SMILES string of the molecule is CC/C=C\C/C=C\C/C=C\CCCCCC(=O)OC(COCCCCCCCCCCCCCCCCCCCCCCCCCCC)COP(=O)(O)OCCN. The van der Waals surface area contributed by atoms with E-state index in [4.69, 9.17) is 24.3 Å². The van der Waals surface area contributed by atoms with E-state index in [0.717, 1.165) is 57.8 Å². The van der Waals surface area contributed by atoms with Crippen molar-refractivity contribution in [2.45, 2.75) is 232 Å². The van der Waals surface area contributed by atoms with Gasteiger partial charge >= 0.3 is 13.8 Å². The molecular formula is C48H92NO7P. The van der Waals surface area contributed by atoms with Crippen LogP contribution in [-0.4, -0.2) is 49.9 Å². The molecule has 2 atom stereocenters. The van der Waals surface area contributed by atoms with Crippen LogP contribution < -0.4 is 5.73 Å². The van der Waals surface area contributed by atoms with Gasteiger partial charge in [0.1, 0.15) is 6.10 Å². The Morgan fingerprint density at radius 1 is 0.544 bits per heavy atom. The van der Waals surface area contributed by atoms with Gasteiger partial charge in [-0.25, -0.2) is 4.57 Å². The number of ether oxygens (including phenoxy) is 2. The molecule has 0 aliphatic heterocycles. The Kier molecular flexibility index (Phi) is 44.8. The van der Waals surface area contributed by atoms with Crippen LogP contribution in [0.3, 0.4) is 0 Å². The number of carbonyl (C=O) groups excluding carboxylic acids is 1. The summed E-state index contributed by atoms with van der Waals surface area (Å²) in [5.74, 6) is -0.356. The Morgan fingerprint density at radius 2 is 0.982 bits per heavy atom. The van der Waals surface area contributed by atoms with Gasteiger partial charge in [-0.2, -0.15) is 0 Å². The number of hydrogen-bond acceptors (Lipinski definition) is 7. The summed E-state index contributed by atoms with van der Waals surface area (Å²) in [6, 6.07) is 0. The Labute approximate surface area is 352 Å². The van der Waals surface area contributed by atoms with E-state index in [0.29, 0.717) is 6.61 Å². The molecule has 2 unspecified atom stereocenters. The first-order valence-electron chi connectivity index (χ1n) is 24.0. The molecule has 9 heteroatoms. The molecule has 0 bridgehead atoms. The van der Waals surface area contributed by atoms with Gasteiger partial charge in [-0.15, -0.1) is 0 Å². The number of nitrogens with two attached hydrogens (primary N) is 1. The zero-order valence-corrected chi connectivity index (χ0v) is 38.2. The van der Waals surface area contributed by atoms with E-state index in [1.807, 2.05) is 0 Å². The topological polar surface area (TPSA) is 117 Å². The molecule has 0 spiro atoms. The van der Waals surface area contributed by atoms with Gasteiger partial charge < -0.3 is 20.1 Å². The van der Waals surface area contributed by atoms with E-state index in [1.54, 1.807) is 0 Å². The number of rotatable bonds is 46. The Bertz CT molecular complexity index is 972. The molecule has 0 aliphatic carbocycles. The first-order chi connectivity index (χ1) is 27.9. The Morgan fingerprint density at radius 3 is 1.46 bits per heavy atom. The van der Waals surface area contributed by atoms with Gasteiger partial charge in [-0.1, -0.05) is 211 Å². The van der Waals surface area contributed by atoms with Crippen molar-refractivity contribution in [3.8, 4) is 0 Å². The lowest BCUT2D eigenvalue weighted by molar-refractivity contribution is -0.154. The maximum atomic E-state index is 12.6. The van der Waals surface area contributed by atoms with Crippen LogP contribution in [0.5, 0.6) is 0 Å². The van der Waals surface area contributed by atoms with Crippen LogP contribution in [0, 0.1) is 0 Å². The van der Waals surface area contributed by atoms with E-state index >= 15 is 0 Å². The molecule has 0 aromatic heterocycles. The van der Waals surface area contributed by atoms with Gasteiger partial charge in [0, 0.05) is 19.6 Å². The zero-order chi connectivity index (χ0) is 41.6. The second-order valence-electron chi connectivity index (χ2n) is 16.0. The molecule has 8 nitrogen and oxygen atoms in total. The van der Waals surface area contributed by atoms with Gasteiger partial charge in [0.15, 0.2) is 0 Å². The van der Waals surface area contributed by atoms with Crippen LogP contribution in [0.15, 0.2) is 36.5 Å². The smallest absolute Gasteiger partial charge is 0.457 e. The molecule has 3 N–H and O–H groups in total. The van der Waals surface area contributed by atoms with Gasteiger partial charge in [0.25, 0.3) is 0 Å². The second kappa shape index (κ2) is 45.8. The molecule has 0 saturated heterocycles. The fourth-order valence-corrected chi connectivity index (χ4v) is 7.60. The number of phosphoric ester groups is 1. The van der Waals surface area contributed by atoms with Crippen molar-refractivity contribution in [1.82, 2.24) is 0 Å². The first kappa shape index (κ1) is 55.7. The van der Waals surface area contributed by atoms with Crippen LogP contribution >= 0.6 is 7.82 Å². The summed E-state index contributed by atoms with van der Waals surface area (Å²) in [4.78, 5) is 22.5. The summed E-state index contributed by atoms with van der Waals surface area (Å²) < 4.78 is 33.4. The highest BCUT2D eigenvalue weighted by Crippen LogP contribution is 2.43. The molecule has 0 aromatic carbocycles. The van der Waals surface area contributed by atoms with Crippen molar-refractivity contribution in [2.24, 2.45) is 5.73 Å². The zero-order valence-electron chi connectivity index (χ0n) is 37.3. The van der Waals surface area contributed by atoms with Crippen LogP contribution in [0.2, 0.25) is 0 Å². The monoisotopic (exact) mass is 826 g/mol. The van der Waals surface area contributed by atoms with Crippen LogP contribution in [0.4, 0.5) is 0 Å². The van der Waals surface area contributed by atoms with E-state index in [1.165, 1.54) is 148 Å². The lowest BCUT2D eigenvalue weighted by Crippen LogP contribution is -2.28. The van der Waals surface area contributed by atoms with E-state index in [-0.39, 0.29) is 38.8 Å². The standard InChI is InChI=1S/C48H92NO7P/c1-3-5-7-9-11-13-15-17-18-19-20-21-22-23-24-25-26-27-28-30-32-34-36-38-40-43-53-45-47(46-55-57(51,52)54-44-42-49)56-48(50)41-39-37-35-33-31-29-16-14-12-10-8-6-4-2/h6,8,12,14,29,31,47H,3-5,7,9-11,13,15-28,30,32-46,49H2,1-2H3,(H,51,52)/b8-6-,14-12-,31-29-. The van der Waals surface area contributed by atoms with E-state index in [9.17, 15) is 14.3 Å². The minimum Gasteiger partial charge on any atom is -0.457 e. The highest BCUT2D eigenvalue weighted by Gasteiger charge is 2.25. The van der Waals surface area contributed by atoms with Crippen LogP contribution in [0.25, 0.3) is 0 Å². The number of phosphoric acid groups is 1. The molecule has 0 radical (unpaired) electrons. The third-order valence-electron chi connectivity index (χ3n) is 10.3. The lowest BCUT2D eigenvalue weighted by atomic mass is 10.0. The molecule has 0 aromatic rings. The fourth-order valence-electron chi connectivity index (χ4n) is 6.84. The molecule has 57 heavy (non-hydrogen) atoms. The van der Waals surface area contributed by atoms with Crippen molar-refractivity contribution >= 4 is 13.8 Å². The number of allylic oxidation sites excluding steroid dienone is 6. The highest BCUT2D eigenvalue weighted by atomic mass is 31.2. The van der Waals surface area contributed by atoms with Crippen LogP contribution in [-0.2, 0) is 27.9 Å². The molecule has 0 aliphatic rings. The molecule has 0 heterocycles. The summed E-state index contributed by atoms with van der Waals surface area (Å²) in [7, 11) is -4.28. The summed E-state index contributed by atoms with van der Waals surface area (Å²) >= 11 is 0.